The molecule has 0 aliphatic heterocycles. The molecule has 0 unspecified atom stereocenters. The van der Waals surface area contributed by atoms with E-state index in [0.717, 1.165) is 92.0 Å². The Hall–Kier alpha value is -5.10. The lowest BCUT2D eigenvalue weighted by Gasteiger charge is -2.16. The standard InChI is InChI=1S/C20H21N5.C19H22BrN5/c1-25-11-7-15-12-14(5-6-19(15)25)17-13-18-16(4-2-9-22-18)20(24-17)23-10-3-8-21;1-25(2)18-7-6-13(11-15(18)20)16-12-17-14(5-3-9-22-17)19(24-16)23-10-4-8-21/h2,4-7,9,11-13H,3,8,10,21H2,1H3,(H,23,24);3,5-7,9,11-12H,4,8,10,21H2,1-2H3,(H,23,24). The van der Waals surface area contributed by atoms with Crippen LogP contribution in [0.4, 0.5) is 17.3 Å². The molecule has 6 N–H and O–H groups in total. The molecule has 0 saturated heterocycles. The molecule has 5 aromatic heterocycles. The maximum Gasteiger partial charge on any atom is 0.136 e. The predicted octanol–water partition coefficient (Wildman–Crippen LogP) is 7.44. The molecule has 0 spiro atoms. The first-order valence-electron chi connectivity index (χ1n) is 16.8. The van der Waals surface area contributed by atoms with Crippen molar-refractivity contribution in [3.05, 3.63) is 102 Å². The molecule has 0 fully saturated rings. The Morgan fingerprint density at radius 2 is 1.28 bits per heavy atom. The van der Waals surface area contributed by atoms with E-state index in [0.29, 0.717) is 13.1 Å². The van der Waals surface area contributed by atoms with Gasteiger partial charge in [-0.1, -0.05) is 12.1 Å². The maximum absolute atomic E-state index is 5.61. The third-order valence-corrected chi connectivity index (χ3v) is 9.09. The second-order valence-electron chi connectivity index (χ2n) is 12.3. The summed E-state index contributed by atoms with van der Waals surface area (Å²) in [7, 11) is 6.11. The highest BCUT2D eigenvalue weighted by Gasteiger charge is 2.12. The lowest BCUT2D eigenvalue weighted by atomic mass is 10.1. The van der Waals surface area contributed by atoms with E-state index in [1.807, 2.05) is 56.7 Å². The molecule has 0 aliphatic carbocycles. The highest BCUT2D eigenvalue weighted by atomic mass is 79.9. The molecule has 256 valence electrons. The van der Waals surface area contributed by atoms with Crippen molar-refractivity contribution in [1.29, 1.82) is 0 Å². The third kappa shape index (κ3) is 7.86. The number of pyridine rings is 4. The summed E-state index contributed by atoms with van der Waals surface area (Å²) in [6, 6.07) is 26.8. The molecule has 0 aliphatic rings. The van der Waals surface area contributed by atoms with Gasteiger partial charge in [0.1, 0.15) is 11.6 Å². The van der Waals surface area contributed by atoms with Crippen molar-refractivity contribution >= 4 is 66.0 Å². The van der Waals surface area contributed by atoms with Crippen LogP contribution in [0.3, 0.4) is 0 Å². The van der Waals surface area contributed by atoms with Crippen molar-refractivity contribution in [1.82, 2.24) is 24.5 Å². The Bertz CT molecular complexity index is 2230. The van der Waals surface area contributed by atoms with E-state index in [4.69, 9.17) is 21.4 Å². The summed E-state index contributed by atoms with van der Waals surface area (Å²) in [6.07, 6.45) is 7.50. The minimum atomic E-state index is 0.655. The second kappa shape index (κ2) is 16.1. The fourth-order valence-corrected chi connectivity index (χ4v) is 6.54. The summed E-state index contributed by atoms with van der Waals surface area (Å²) >= 11 is 3.65. The first-order valence-corrected chi connectivity index (χ1v) is 17.6. The van der Waals surface area contributed by atoms with Crippen molar-refractivity contribution < 1.29 is 0 Å². The third-order valence-electron chi connectivity index (χ3n) is 8.45. The van der Waals surface area contributed by atoms with Crippen molar-refractivity contribution in [2.75, 3.05) is 55.8 Å². The number of aryl methyl sites for hydroxylation is 1. The fraction of sp³-hybridized carbons (Fsp3) is 0.231. The summed E-state index contributed by atoms with van der Waals surface area (Å²) < 4.78 is 3.16. The molecule has 0 bridgehead atoms. The summed E-state index contributed by atoms with van der Waals surface area (Å²) in [5.74, 6) is 1.71. The normalized spacial score (nSPS) is 11.1. The topological polar surface area (TPSA) is 136 Å². The van der Waals surface area contributed by atoms with Crippen LogP contribution in [0.25, 0.3) is 55.2 Å². The zero-order valence-electron chi connectivity index (χ0n) is 28.7. The number of aromatic nitrogens is 5. The van der Waals surface area contributed by atoms with Crippen LogP contribution in [-0.2, 0) is 7.05 Å². The smallest absolute Gasteiger partial charge is 0.136 e. The molecule has 11 heteroatoms. The average molecular weight is 732 g/mol. The van der Waals surface area contributed by atoms with E-state index in [2.05, 4.69) is 102 Å². The second-order valence-corrected chi connectivity index (χ2v) is 13.1. The molecule has 2 aromatic carbocycles. The number of benzene rings is 2. The Balaban J connectivity index is 0.000000173. The van der Waals surface area contributed by atoms with E-state index < -0.39 is 0 Å². The molecule has 0 radical (unpaired) electrons. The SMILES string of the molecule is CN(C)c1ccc(-c2cc3ncccc3c(NCCCN)n2)cc1Br.Cn1ccc2cc(-c3cc4ncccc4c(NCCCN)n3)ccc21. The molecular formula is C39H43BrN10. The Morgan fingerprint density at radius 1 is 0.720 bits per heavy atom. The molecular weight excluding hydrogens is 688 g/mol. The van der Waals surface area contributed by atoms with Crippen LogP contribution in [-0.4, -0.2) is 64.8 Å². The van der Waals surface area contributed by atoms with Gasteiger partial charge in [0.25, 0.3) is 0 Å². The van der Waals surface area contributed by atoms with Gasteiger partial charge in [-0.25, -0.2) is 9.97 Å². The zero-order valence-corrected chi connectivity index (χ0v) is 30.3. The number of halogens is 1. The van der Waals surface area contributed by atoms with Crippen LogP contribution in [0.15, 0.2) is 102 Å². The molecule has 10 nitrogen and oxygen atoms in total. The summed E-state index contributed by atoms with van der Waals surface area (Å²) in [5, 5.41) is 10.1. The minimum Gasteiger partial charge on any atom is -0.377 e. The monoisotopic (exact) mass is 730 g/mol. The molecule has 7 rings (SSSR count). The number of nitrogens with zero attached hydrogens (tertiary/aromatic N) is 6. The Kier molecular flexibility index (Phi) is 11.2. The number of rotatable bonds is 11. The minimum absolute atomic E-state index is 0.655. The largest absolute Gasteiger partial charge is 0.377 e. The van der Waals surface area contributed by atoms with Crippen LogP contribution in [0, 0.1) is 0 Å². The number of nitrogens with one attached hydrogen (secondary N) is 2. The zero-order chi connectivity index (χ0) is 35.0. The number of nitrogens with two attached hydrogens (primary N) is 2. The van der Waals surface area contributed by atoms with Crippen LogP contribution in [0.2, 0.25) is 0 Å². The number of hydrogen-bond acceptors (Lipinski definition) is 9. The van der Waals surface area contributed by atoms with Gasteiger partial charge in [-0.2, -0.15) is 0 Å². The van der Waals surface area contributed by atoms with Crippen molar-refractivity contribution in [2.45, 2.75) is 12.8 Å². The van der Waals surface area contributed by atoms with E-state index >= 15 is 0 Å². The first-order chi connectivity index (χ1) is 24.4. The number of fused-ring (bicyclic) bond motifs is 3. The van der Waals surface area contributed by atoms with Gasteiger partial charge in [0, 0.05) is 90.1 Å². The van der Waals surface area contributed by atoms with Gasteiger partial charge in [-0.3, -0.25) is 9.97 Å². The highest BCUT2D eigenvalue weighted by Crippen LogP contribution is 2.33. The summed E-state index contributed by atoms with van der Waals surface area (Å²) in [5.41, 5.74) is 19.4. The number of anilines is 3. The Labute approximate surface area is 301 Å². The fourth-order valence-electron chi connectivity index (χ4n) is 5.80. The van der Waals surface area contributed by atoms with Gasteiger partial charge in [-0.15, -0.1) is 0 Å². The quantitative estimate of drug-likeness (QED) is 0.100. The lowest BCUT2D eigenvalue weighted by Crippen LogP contribution is -2.10. The van der Waals surface area contributed by atoms with Gasteiger partial charge < -0.3 is 31.6 Å². The lowest BCUT2D eigenvalue weighted by molar-refractivity contribution is 0.871. The predicted molar refractivity (Wildman–Crippen MR) is 213 cm³/mol. The Morgan fingerprint density at radius 3 is 1.82 bits per heavy atom. The van der Waals surface area contributed by atoms with E-state index in [1.54, 1.807) is 6.20 Å². The summed E-state index contributed by atoms with van der Waals surface area (Å²) in [6.45, 7) is 2.91. The van der Waals surface area contributed by atoms with Gasteiger partial charge in [0.05, 0.1) is 28.1 Å². The average Bonchev–Trinajstić information content (AvgIpc) is 3.51. The molecule has 0 amide bonds. The van der Waals surface area contributed by atoms with Gasteiger partial charge >= 0.3 is 0 Å². The van der Waals surface area contributed by atoms with Crippen LogP contribution >= 0.6 is 15.9 Å². The highest BCUT2D eigenvalue weighted by molar-refractivity contribution is 9.10. The van der Waals surface area contributed by atoms with Crippen molar-refractivity contribution in [3.8, 4) is 22.5 Å². The molecule has 0 atom stereocenters. The number of hydrogen-bond donors (Lipinski definition) is 4. The first kappa shape index (κ1) is 34.8. The molecule has 0 saturated carbocycles. The van der Waals surface area contributed by atoms with Crippen LogP contribution < -0.4 is 27.0 Å². The van der Waals surface area contributed by atoms with Gasteiger partial charge in [0.2, 0.25) is 0 Å². The molecule has 50 heavy (non-hydrogen) atoms. The van der Waals surface area contributed by atoms with E-state index in [-0.39, 0.29) is 0 Å². The molecule has 7 aromatic rings. The maximum atomic E-state index is 5.61. The summed E-state index contributed by atoms with van der Waals surface area (Å²) in [4.78, 5) is 20.8. The van der Waals surface area contributed by atoms with E-state index in [1.165, 1.54) is 10.9 Å². The van der Waals surface area contributed by atoms with Crippen LogP contribution in [0.1, 0.15) is 12.8 Å². The van der Waals surface area contributed by atoms with Gasteiger partial charge in [-0.05, 0) is 109 Å². The van der Waals surface area contributed by atoms with Crippen LogP contribution in [0.5, 0.6) is 0 Å². The van der Waals surface area contributed by atoms with E-state index in [9.17, 15) is 0 Å². The van der Waals surface area contributed by atoms with Gasteiger partial charge in [0.15, 0.2) is 0 Å². The van der Waals surface area contributed by atoms with Crippen molar-refractivity contribution in [2.24, 2.45) is 18.5 Å². The molecule has 5 heterocycles. The van der Waals surface area contributed by atoms with Crippen molar-refractivity contribution in [3.63, 3.8) is 0 Å².